The zero-order chi connectivity index (χ0) is 34.7. The summed E-state index contributed by atoms with van der Waals surface area (Å²) in [5.41, 5.74) is 1.62. The number of anilines is 2. The summed E-state index contributed by atoms with van der Waals surface area (Å²) in [5, 5.41) is 20.6. The molecule has 3 aliphatic rings. The highest BCUT2D eigenvalue weighted by atomic mass is 16.2. The first kappa shape index (κ1) is 31.3. The van der Waals surface area contributed by atoms with E-state index in [9.17, 15) is 29.2 Å². The lowest BCUT2D eigenvalue weighted by Crippen LogP contribution is -2.54. The molecule has 4 heterocycles. The zero-order valence-electron chi connectivity index (χ0n) is 27.0. The largest absolute Gasteiger partial charge is 0.368 e. The molecule has 2 N–H and O–H groups in total. The first-order chi connectivity index (χ1) is 23.4. The zero-order valence-corrected chi connectivity index (χ0v) is 27.0. The lowest BCUT2D eigenvalue weighted by molar-refractivity contribution is -0.136. The summed E-state index contributed by atoms with van der Waals surface area (Å²) in [6.45, 7) is 6.73. The van der Waals surface area contributed by atoms with Crippen LogP contribution >= 0.6 is 0 Å². The fourth-order valence-electron chi connectivity index (χ4n) is 6.51. The Hall–Kier alpha value is -6.27. The smallest absolute Gasteiger partial charge is 0.262 e. The molecule has 49 heavy (non-hydrogen) atoms. The molecule has 1 aromatic heterocycles. The molecular weight excluding hydrogens is 622 g/mol. The molecule has 0 bridgehead atoms. The minimum absolute atomic E-state index is 0.0634. The molecule has 0 radical (unpaired) electrons. The van der Waals surface area contributed by atoms with Crippen LogP contribution < -0.4 is 15.5 Å². The molecule has 0 saturated carbocycles. The maximum absolute atomic E-state index is 13.5. The van der Waals surface area contributed by atoms with Gasteiger partial charge < -0.3 is 10.2 Å². The van der Waals surface area contributed by atoms with Gasteiger partial charge in [0.05, 0.1) is 39.9 Å². The molecular formula is C37H31N7O5. The van der Waals surface area contributed by atoms with E-state index in [1.807, 2.05) is 31.2 Å². The second-order valence-corrected chi connectivity index (χ2v) is 13.3. The summed E-state index contributed by atoms with van der Waals surface area (Å²) in [4.78, 5) is 66.7. The van der Waals surface area contributed by atoms with E-state index in [4.69, 9.17) is 0 Å². The van der Waals surface area contributed by atoms with E-state index in [1.54, 1.807) is 61.3 Å². The Balaban J connectivity index is 1.01. The van der Waals surface area contributed by atoms with Crippen LogP contribution in [0.2, 0.25) is 0 Å². The third kappa shape index (κ3) is 5.37. The van der Waals surface area contributed by atoms with Crippen molar-refractivity contribution >= 4 is 51.7 Å². The van der Waals surface area contributed by atoms with Crippen LogP contribution in [0.1, 0.15) is 65.5 Å². The summed E-state index contributed by atoms with van der Waals surface area (Å²) in [6.07, 6.45) is 3.52. The predicted octanol–water partition coefficient (Wildman–Crippen LogP) is 3.56. The second-order valence-electron chi connectivity index (χ2n) is 13.3. The molecule has 2 fully saturated rings. The van der Waals surface area contributed by atoms with Crippen LogP contribution in [0.5, 0.6) is 0 Å². The van der Waals surface area contributed by atoms with E-state index in [0.29, 0.717) is 29.9 Å². The topological polar surface area (TPSA) is 158 Å². The first-order valence-electron chi connectivity index (χ1n) is 15.8. The van der Waals surface area contributed by atoms with Crippen molar-refractivity contribution in [1.82, 2.24) is 20.0 Å². The Bertz CT molecular complexity index is 2230. The van der Waals surface area contributed by atoms with Gasteiger partial charge in [-0.2, -0.15) is 10.4 Å². The highest BCUT2D eigenvalue weighted by Crippen LogP contribution is 2.37. The number of nitrogens with one attached hydrogen (secondary N) is 2. The third-order valence-electron chi connectivity index (χ3n) is 9.38. The molecule has 4 aromatic rings. The Morgan fingerprint density at radius 3 is 2.49 bits per heavy atom. The average molecular weight is 654 g/mol. The quantitative estimate of drug-likeness (QED) is 0.245. The number of rotatable bonds is 5. The maximum atomic E-state index is 13.5. The van der Waals surface area contributed by atoms with Crippen LogP contribution in [0, 0.1) is 28.6 Å². The fourth-order valence-corrected chi connectivity index (χ4v) is 6.51. The molecule has 244 valence electrons. The Morgan fingerprint density at radius 2 is 1.76 bits per heavy atom. The number of aromatic nitrogens is 2. The van der Waals surface area contributed by atoms with Crippen molar-refractivity contribution < 1.29 is 24.0 Å². The molecule has 5 amide bonds. The lowest BCUT2D eigenvalue weighted by Gasteiger charge is -2.46. The van der Waals surface area contributed by atoms with E-state index in [-0.39, 0.29) is 35.3 Å². The van der Waals surface area contributed by atoms with Crippen molar-refractivity contribution in [2.45, 2.75) is 45.2 Å². The van der Waals surface area contributed by atoms with Gasteiger partial charge in [-0.25, -0.2) is 0 Å². The molecule has 2 saturated heterocycles. The van der Waals surface area contributed by atoms with E-state index >= 15 is 0 Å². The summed E-state index contributed by atoms with van der Waals surface area (Å²) < 4.78 is 1.58. The van der Waals surface area contributed by atoms with Gasteiger partial charge in [0.1, 0.15) is 11.6 Å². The number of benzene rings is 3. The monoisotopic (exact) mass is 653 g/mol. The van der Waals surface area contributed by atoms with Gasteiger partial charge in [0.25, 0.3) is 17.7 Å². The van der Waals surface area contributed by atoms with Crippen LogP contribution in [0.15, 0.2) is 67.0 Å². The summed E-state index contributed by atoms with van der Waals surface area (Å²) in [6, 6.07) is 17.1. The maximum Gasteiger partial charge on any atom is 0.262 e. The molecule has 0 aliphatic carbocycles. The average Bonchev–Trinajstić information content (AvgIpc) is 3.65. The Morgan fingerprint density at radius 1 is 1.02 bits per heavy atom. The Labute approximate surface area is 281 Å². The van der Waals surface area contributed by atoms with Crippen molar-refractivity contribution in [3.63, 3.8) is 0 Å². The number of piperidine rings is 1. The number of nitrogens with zero attached hydrogens (tertiary/aromatic N) is 5. The van der Waals surface area contributed by atoms with Crippen molar-refractivity contribution in [3.8, 4) is 17.9 Å². The lowest BCUT2D eigenvalue weighted by atomic mass is 9.82. The predicted molar refractivity (Wildman–Crippen MR) is 179 cm³/mol. The van der Waals surface area contributed by atoms with Crippen molar-refractivity contribution in [2.75, 3.05) is 23.3 Å². The van der Waals surface area contributed by atoms with Gasteiger partial charge in [-0.05, 0) is 57.5 Å². The van der Waals surface area contributed by atoms with E-state index in [0.717, 1.165) is 21.4 Å². The van der Waals surface area contributed by atoms with E-state index in [1.165, 1.54) is 0 Å². The number of fused-ring (bicyclic) bond motifs is 2. The van der Waals surface area contributed by atoms with E-state index < -0.39 is 35.2 Å². The molecule has 0 spiro atoms. The molecule has 12 nitrogen and oxygen atoms in total. The Kier molecular flexibility index (Phi) is 7.33. The van der Waals surface area contributed by atoms with Crippen LogP contribution in [0.3, 0.4) is 0 Å². The molecule has 1 atom stereocenters. The van der Waals surface area contributed by atoms with Crippen LogP contribution in [-0.4, -0.2) is 63.3 Å². The molecule has 3 aromatic carbocycles. The van der Waals surface area contributed by atoms with Crippen LogP contribution in [0.4, 0.5) is 11.4 Å². The molecule has 3 aliphatic heterocycles. The molecule has 1 unspecified atom stereocenters. The highest BCUT2D eigenvalue weighted by molar-refractivity contribution is 6.23. The minimum atomic E-state index is -1.05. The van der Waals surface area contributed by atoms with Crippen molar-refractivity contribution in [3.05, 3.63) is 89.2 Å². The molecule has 12 heteroatoms. The normalized spacial score (nSPS) is 18.3. The number of amides is 5. The number of nitriles is 1. The number of hydrogen-bond donors (Lipinski definition) is 2. The van der Waals surface area contributed by atoms with Gasteiger partial charge >= 0.3 is 0 Å². The number of imide groups is 2. The van der Waals surface area contributed by atoms with Gasteiger partial charge in [0.15, 0.2) is 0 Å². The van der Waals surface area contributed by atoms with E-state index in [2.05, 4.69) is 38.5 Å². The summed E-state index contributed by atoms with van der Waals surface area (Å²) >= 11 is 0. The number of carbonyl (C=O) groups is 5. The highest BCUT2D eigenvalue weighted by Gasteiger charge is 2.45. The van der Waals surface area contributed by atoms with Crippen LogP contribution in [0.25, 0.3) is 10.8 Å². The van der Waals surface area contributed by atoms with Crippen molar-refractivity contribution in [2.24, 2.45) is 5.41 Å². The minimum Gasteiger partial charge on any atom is -0.368 e. The van der Waals surface area contributed by atoms with Crippen LogP contribution in [-0.2, 0) is 19.9 Å². The van der Waals surface area contributed by atoms with Gasteiger partial charge in [-0.3, -0.25) is 38.9 Å². The van der Waals surface area contributed by atoms with Crippen molar-refractivity contribution in [1.29, 1.82) is 5.26 Å². The summed E-state index contributed by atoms with van der Waals surface area (Å²) in [7, 11) is 0. The van der Waals surface area contributed by atoms with Gasteiger partial charge in [-0.1, -0.05) is 36.1 Å². The number of hydrogen-bond acceptors (Lipinski definition) is 8. The van der Waals surface area contributed by atoms with Gasteiger partial charge in [0, 0.05) is 47.9 Å². The SMILES string of the molecule is CC1(C#Cc2cnn(C(C)(C)C(=O)Nc3ccc(C#N)c4ccccc34)c2)CN(c2ccc3c(c2)C(=O)N(C2CCC(=O)NC2=O)C3=O)C1. The van der Waals surface area contributed by atoms with Gasteiger partial charge in [0.2, 0.25) is 11.8 Å². The molecule has 7 rings (SSSR count). The number of carbonyl (C=O) groups excluding carboxylic acids is 5. The second kappa shape index (κ2) is 11.5. The third-order valence-corrected chi connectivity index (χ3v) is 9.38. The summed E-state index contributed by atoms with van der Waals surface area (Å²) in [5.74, 6) is 4.10. The first-order valence-corrected chi connectivity index (χ1v) is 15.8. The van der Waals surface area contributed by atoms with Gasteiger partial charge in [-0.15, -0.1) is 0 Å². The standard InChI is InChI=1S/C37H31N7O5/c1-36(2,35(49)40-29-11-8-23(17-38)25-6-4-5-7-26(25)29)43-19-22(18-39-43)14-15-37(3)20-42(21-37)24-9-10-27-28(16-24)34(48)44(33(27)47)30-12-13-31(45)41-32(30)46/h4-11,16,18-19,30H,12-13,20-21H2,1-3H3,(H,40,49)(H,41,45,46). The fraction of sp³-hybridized carbons (Fsp3) is 0.270.